The highest BCUT2D eigenvalue weighted by atomic mass is 32.2. The van der Waals surface area contributed by atoms with Crippen LogP contribution >= 0.6 is 0 Å². The molecule has 0 spiro atoms. The third kappa shape index (κ3) is 5.03. The summed E-state index contributed by atoms with van der Waals surface area (Å²) in [4.78, 5) is 0. The topological polar surface area (TPSA) is 76.7 Å². The lowest BCUT2D eigenvalue weighted by Gasteiger charge is -2.08. The summed E-state index contributed by atoms with van der Waals surface area (Å²) in [5, 5.41) is 0. The number of hydrogen-bond acceptors (Lipinski definition) is 4. The fourth-order valence-corrected chi connectivity index (χ4v) is 1.59. The Labute approximate surface area is 101 Å². The van der Waals surface area contributed by atoms with Gasteiger partial charge in [0, 0.05) is 13.6 Å². The Morgan fingerprint density at radius 3 is 2.29 bits per heavy atom. The first-order chi connectivity index (χ1) is 8.07. The maximum absolute atomic E-state index is 11.0. The third-order valence-electron chi connectivity index (χ3n) is 1.99. The smallest absolute Gasteiger partial charge is 0.276 e. The number of methoxy groups -OCH3 is 1. The molecule has 1 rings (SSSR count). The van der Waals surface area contributed by atoms with Gasteiger partial charge in [0.15, 0.2) is 0 Å². The van der Waals surface area contributed by atoms with Gasteiger partial charge in [-0.05, 0) is 24.3 Å². The van der Waals surface area contributed by atoms with Gasteiger partial charge in [0.1, 0.15) is 18.1 Å². The molecule has 0 fully saturated rings. The molecule has 0 bridgehead atoms. The molecule has 0 radical (unpaired) electrons. The molecule has 6 nitrogen and oxygen atoms in total. The largest absolute Gasteiger partial charge is 0.497 e. The third-order valence-corrected chi connectivity index (χ3v) is 3.11. The monoisotopic (exact) mass is 260 g/mol. The summed E-state index contributed by atoms with van der Waals surface area (Å²) in [5.74, 6) is 1.41. The molecule has 0 aliphatic heterocycles. The van der Waals surface area contributed by atoms with Crippen molar-refractivity contribution < 1.29 is 17.9 Å². The van der Waals surface area contributed by atoms with Gasteiger partial charge in [-0.15, -0.1) is 0 Å². The van der Waals surface area contributed by atoms with E-state index < -0.39 is 10.2 Å². The summed E-state index contributed by atoms with van der Waals surface area (Å²) in [5.41, 5.74) is 0. The van der Waals surface area contributed by atoms with Gasteiger partial charge in [0.25, 0.3) is 10.2 Å². The Morgan fingerprint density at radius 1 is 1.18 bits per heavy atom. The van der Waals surface area contributed by atoms with Gasteiger partial charge in [-0.3, -0.25) is 0 Å². The van der Waals surface area contributed by atoms with Crippen LogP contribution in [0.5, 0.6) is 11.5 Å². The van der Waals surface area contributed by atoms with Crippen LogP contribution in [0.1, 0.15) is 0 Å². The molecule has 7 heteroatoms. The van der Waals surface area contributed by atoms with Crippen molar-refractivity contribution in [2.75, 3.05) is 27.3 Å². The minimum Gasteiger partial charge on any atom is -0.497 e. The Kier molecular flexibility index (Phi) is 5.20. The molecule has 0 saturated carbocycles. The highest BCUT2D eigenvalue weighted by Crippen LogP contribution is 2.16. The Bertz CT molecular complexity index is 430. The Morgan fingerprint density at radius 2 is 1.76 bits per heavy atom. The van der Waals surface area contributed by atoms with Crippen LogP contribution in [0.3, 0.4) is 0 Å². The Hall–Kier alpha value is -1.31. The highest BCUT2D eigenvalue weighted by Gasteiger charge is 2.03. The minimum atomic E-state index is -3.38. The highest BCUT2D eigenvalue weighted by molar-refractivity contribution is 7.87. The maximum Gasteiger partial charge on any atom is 0.276 e. The van der Waals surface area contributed by atoms with Crippen molar-refractivity contribution in [2.45, 2.75) is 0 Å². The van der Waals surface area contributed by atoms with Gasteiger partial charge in [0.2, 0.25) is 0 Å². The zero-order valence-electron chi connectivity index (χ0n) is 9.76. The maximum atomic E-state index is 11.0. The van der Waals surface area contributed by atoms with Gasteiger partial charge in [-0.1, -0.05) is 0 Å². The summed E-state index contributed by atoms with van der Waals surface area (Å²) < 4.78 is 36.8. The molecule has 0 amide bonds. The SMILES string of the molecule is CNS(=O)(=O)NCCOc1ccc(OC)cc1. The van der Waals surface area contributed by atoms with Crippen molar-refractivity contribution in [1.82, 2.24) is 9.44 Å². The van der Waals surface area contributed by atoms with Gasteiger partial charge in [-0.25, -0.2) is 4.72 Å². The van der Waals surface area contributed by atoms with E-state index in [9.17, 15) is 8.42 Å². The summed E-state index contributed by atoms with van der Waals surface area (Å²) in [7, 11) is -0.459. The molecule has 0 aromatic heterocycles. The molecule has 1 aromatic carbocycles. The van der Waals surface area contributed by atoms with Crippen LogP contribution in [0, 0.1) is 0 Å². The van der Waals surface area contributed by atoms with Crippen LogP contribution < -0.4 is 18.9 Å². The minimum absolute atomic E-state index is 0.204. The zero-order chi connectivity index (χ0) is 12.7. The van der Waals surface area contributed by atoms with E-state index >= 15 is 0 Å². The first kappa shape index (κ1) is 13.8. The second kappa shape index (κ2) is 6.43. The number of rotatable bonds is 7. The van der Waals surface area contributed by atoms with Crippen molar-refractivity contribution in [3.8, 4) is 11.5 Å². The Balaban J connectivity index is 2.31. The van der Waals surface area contributed by atoms with E-state index in [2.05, 4.69) is 9.44 Å². The summed E-state index contributed by atoms with van der Waals surface area (Å²) in [6, 6.07) is 7.05. The molecule has 0 aliphatic rings. The van der Waals surface area contributed by atoms with E-state index in [4.69, 9.17) is 9.47 Å². The van der Waals surface area contributed by atoms with Crippen molar-refractivity contribution in [1.29, 1.82) is 0 Å². The fourth-order valence-electron chi connectivity index (χ4n) is 1.09. The summed E-state index contributed by atoms with van der Waals surface area (Å²) in [6.45, 7) is 0.461. The lowest BCUT2D eigenvalue weighted by atomic mass is 10.3. The van der Waals surface area contributed by atoms with Crippen LogP contribution in [0.15, 0.2) is 24.3 Å². The molecular formula is C10H16N2O4S. The standard InChI is InChI=1S/C10H16N2O4S/c1-11-17(13,14)12-7-8-16-10-5-3-9(15-2)4-6-10/h3-6,11-12H,7-8H2,1-2H3. The molecule has 1 aromatic rings. The second-order valence-electron chi connectivity index (χ2n) is 3.13. The predicted molar refractivity (Wildman–Crippen MR) is 64.5 cm³/mol. The van der Waals surface area contributed by atoms with Crippen molar-refractivity contribution >= 4 is 10.2 Å². The van der Waals surface area contributed by atoms with Crippen molar-refractivity contribution in [3.63, 3.8) is 0 Å². The molecule has 0 unspecified atom stereocenters. The van der Waals surface area contributed by atoms with Crippen LogP contribution in [0.4, 0.5) is 0 Å². The van der Waals surface area contributed by atoms with E-state index in [0.717, 1.165) is 5.75 Å². The van der Waals surface area contributed by atoms with Gasteiger partial charge in [0.05, 0.1) is 7.11 Å². The van der Waals surface area contributed by atoms with Crippen LogP contribution in [-0.2, 0) is 10.2 Å². The average Bonchev–Trinajstić information content (AvgIpc) is 2.35. The molecular weight excluding hydrogens is 244 g/mol. The van der Waals surface area contributed by atoms with Crippen LogP contribution in [0.2, 0.25) is 0 Å². The summed E-state index contributed by atoms with van der Waals surface area (Å²) >= 11 is 0. The first-order valence-electron chi connectivity index (χ1n) is 5.02. The molecule has 0 aliphatic carbocycles. The quantitative estimate of drug-likeness (QED) is 0.683. The molecule has 17 heavy (non-hydrogen) atoms. The first-order valence-corrected chi connectivity index (χ1v) is 6.50. The average molecular weight is 260 g/mol. The number of benzene rings is 1. The van der Waals surface area contributed by atoms with E-state index in [0.29, 0.717) is 5.75 Å². The van der Waals surface area contributed by atoms with E-state index in [1.54, 1.807) is 31.4 Å². The fraction of sp³-hybridized carbons (Fsp3) is 0.400. The van der Waals surface area contributed by atoms with Crippen LogP contribution in [-0.4, -0.2) is 35.7 Å². The van der Waals surface area contributed by atoms with Crippen molar-refractivity contribution in [3.05, 3.63) is 24.3 Å². The molecule has 2 N–H and O–H groups in total. The van der Waals surface area contributed by atoms with Gasteiger partial charge < -0.3 is 9.47 Å². The normalized spacial score (nSPS) is 11.2. The van der Waals surface area contributed by atoms with Gasteiger partial charge >= 0.3 is 0 Å². The van der Waals surface area contributed by atoms with E-state index in [1.165, 1.54) is 7.05 Å². The van der Waals surface area contributed by atoms with Gasteiger partial charge in [-0.2, -0.15) is 13.1 Å². The van der Waals surface area contributed by atoms with E-state index in [1.807, 2.05) is 0 Å². The number of nitrogens with one attached hydrogen (secondary N) is 2. The second-order valence-corrected chi connectivity index (χ2v) is 4.83. The van der Waals surface area contributed by atoms with Crippen molar-refractivity contribution in [2.24, 2.45) is 0 Å². The summed E-state index contributed by atoms with van der Waals surface area (Å²) in [6.07, 6.45) is 0. The lowest BCUT2D eigenvalue weighted by Crippen LogP contribution is -2.36. The molecule has 0 saturated heterocycles. The lowest BCUT2D eigenvalue weighted by molar-refractivity contribution is 0.321. The van der Waals surface area contributed by atoms with Crippen LogP contribution in [0.25, 0.3) is 0 Å². The number of ether oxygens (including phenoxy) is 2. The predicted octanol–water partition coefficient (Wildman–Crippen LogP) is 0.128. The molecule has 96 valence electrons. The zero-order valence-corrected chi connectivity index (χ0v) is 10.6. The van der Waals surface area contributed by atoms with E-state index in [-0.39, 0.29) is 13.2 Å². The number of hydrogen-bond donors (Lipinski definition) is 2. The molecule has 0 atom stereocenters. The molecule has 0 heterocycles.